The van der Waals surface area contributed by atoms with Crippen LogP contribution in [-0.4, -0.2) is 26.0 Å². The van der Waals surface area contributed by atoms with E-state index in [1.807, 2.05) is 31.3 Å². The molecule has 3 nitrogen and oxygen atoms in total. The number of para-hydroxylation sites is 1. The first-order valence-corrected chi connectivity index (χ1v) is 6.19. The Morgan fingerprint density at radius 1 is 1.35 bits per heavy atom. The highest BCUT2D eigenvalue weighted by molar-refractivity contribution is 5.98. The summed E-state index contributed by atoms with van der Waals surface area (Å²) in [6.45, 7) is 3.57. The van der Waals surface area contributed by atoms with E-state index in [-0.39, 0.29) is 5.78 Å². The summed E-state index contributed by atoms with van der Waals surface area (Å²) in [7, 11) is 1.89. The Kier molecular flexibility index (Phi) is 6.33. The van der Waals surface area contributed by atoms with Gasteiger partial charge in [-0.2, -0.15) is 0 Å². The highest BCUT2D eigenvalue weighted by atomic mass is 16.5. The Balaban J connectivity index is 2.64. The number of nitrogens with one attached hydrogen (secondary N) is 1. The average Bonchev–Trinajstić information content (AvgIpc) is 2.37. The van der Waals surface area contributed by atoms with Crippen LogP contribution in [0.2, 0.25) is 0 Å². The maximum Gasteiger partial charge on any atom is 0.166 e. The standard InChI is InChI=1S/C14H21NO2/c1-3-11-17-14-9-5-4-7-12(14)13(16)8-6-10-15-2/h4-5,7,9,15H,3,6,8,10-11H2,1-2H3. The molecule has 17 heavy (non-hydrogen) atoms. The minimum atomic E-state index is 0.159. The van der Waals surface area contributed by atoms with E-state index in [4.69, 9.17) is 4.74 Å². The van der Waals surface area contributed by atoms with Gasteiger partial charge in [0.25, 0.3) is 0 Å². The summed E-state index contributed by atoms with van der Waals surface area (Å²) in [4.78, 5) is 12.0. The zero-order chi connectivity index (χ0) is 12.5. The van der Waals surface area contributed by atoms with E-state index in [2.05, 4.69) is 12.2 Å². The third-order valence-electron chi connectivity index (χ3n) is 2.48. The van der Waals surface area contributed by atoms with Crippen molar-refractivity contribution in [2.45, 2.75) is 26.2 Å². The molecule has 0 heterocycles. The molecule has 0 atom stereocenters. The SMILES string of the molecule is CCCOc1ccccc1C(=O)CCCNC. The van der Waals surface area contributed by atoms with Crippen LogP contribution in [0.5, 0.6) is 5.75 Å². The summed E-state index contributed by atoms with van der Waals surface area (Å²) in [5, 5.41) is 3.04. The minimum Gasteiger partial charge on any atom is -0.493 e. The molecule has 0 saturated heterocycles. The van der Waals surface area contributed by atoms with Crippen LogP contribution < -0.4 is 10.1 Å². The molecule has 1 rings (SSSR count). The fourth-order valence-corrected chi connectivity index (χ4v) is 1.60. The Morgan fingerprint density at radius 2 is 2.12 bits per heavy atom. The number of ether oxygens (including phenoxy) is 1. The third-order valence-corrected chi connectivity index (χ3v) is 2.48. The molecule has 0 saturated carbocycles. The minimum absolute atomic E-state index is 0.159. The second-order valence-electron chi connectivity index (χ2n) is 3.97. The van der Waals surface area contributed by atoms with E-state index in [9.17, 15) is 4.79 Å². The lowest BCUT2D eigenvalue weighted by Gasteiger charge is -2.09. The van der Waals surface area contributed by atoms with Gasteiger partial charge >= 0.3 is 0 Å². The lowest BCUT2D eigenvalue weighted by Crippen LogP contribution is -2.11. The summed E-state index contributed by atoms with van der Waals surface area (Å²) in [6.07, 6.45) is 2.37. The highest BCUT2D eigenvalue weighted by Crippen LogP contribution is 2.20. The number of benzene rings is 1. The number of Topliss-reactive ketones (excluding diaryl/α,β-unsaturated/α-hetero) is 1. The molecule has 0 bridgehead atoms. The molecule has 0 aliphatic heterocycles. The molecule has 3 heteroatoms. The molecule has 1 aromatic rings. The van der Waals surface area contributed by atoms with Crippen LogP contribution in [0.4, 0.5) is 0 Å². The Labute approximate surface area is 103 Å². The van der Waals surface area contributed by atoms with Crippen molar-refractivity contribution >= 4 is 5.78 Å². The summed E-state index contributed by atoms with van der Waals surface area (Å²) in [5.41, 5.74) is 0.706. The van der Waals surface area contributed by atoms with Crippen molar-refractivity contribution in [2.24, 2.45) is 0 Å². The van der Waals surface area contributed by atoms with Crippen LogP contribution in [0.1, 0.15) is 36.5 Å². The number of carbonyl (C=O) groups excluding carboxylic acids is 1. The monoisotopic (exact) mass is 235 g/mol. The predicted molar refractivity (Wildman–Crippen MR) is 69.7 cm³/mol. The Bertz CT molecular complexity index is 350. The lowest BCUT2D eigenvalue weighted by atomic mass is 10.1. The molecule has 0 radical (unpaired) electrons. The van der Waals surface area contributed by atoms with Crippen molar-refractivity contribution in [2.75, 3.05) is 20.2 Å². The topological polar surface area (TPSA) is 38.3 Å². The summed E-state index contributed by atoms with van der Waals surface area (Å²) < 4.78 is 5.58. The van der Waals surface area contributed by atoms with E-state index in [1.54, 1.807) is 0 Å². The molecule has 0 fully saturated rings. The van der Waals surface area contributed by atoms with Crippen molar-refractivity contribution in [3.05, 3.63) is 29.8 Å². The van der Waals surface area contributed by atoms with Gasteiger partial charge in [0.05, 0.1) is 12.2 Å². The summed E-state index contributed by atoms with van der Waals surface area (Å²) >= 11 is 0. The van der Waals surface area contributed by atoms with Gasteiger partial charge in [-0.15, -0.1) is 0 Å². The van der Waals surface area contributed by atoms with Crippen molar-refractivity contribution < 1.29 is 9.53 Å². The molecule has 0 spiro atoms. The zero-order valence-corrected chi connectivity index (χ0v) is 10.7. The van der Waals surface area contributed by atoms with Gasteiger partial charge in [-0.25, -0.2) is 0 Å². The van der Waals surface area contributed by atoms with Crippen LogP contribution in [0.15, 0.2) is 24.3 Å². The van der Waals surface area contributed by atoms with Gasteiger partial charge in [0, 0.05) is 6.42 Å². The summed E-state index contributed by atoms with van der Waals surface area (Å²) in [6, 6.07) is 7.48. The van der Waals surface area contributed by atoms with Crippen LogP contribution in [0, 0.1) is 0 Å². The number of hydrogen-bond donors (Lipinski definition) is 1. The largest absolute Gasteiger partial charge is 0.493 e. The van der Waals surface area contributed by atoms with Crippen molar-refractivity contribution in [1.29, 1.82) is 0 Å². The molecule has 1 aromatic carbocycles. The Morgan fingerprint density at radius 3 is 2.82 bits per heavy atom. The highest BCUT2D eigenvalue weighted by Gasteiger charge is 2.11. The number of ketones is 1. The van der Waals surface area contributed by atoms with Crippen LogP contribution in [0.25, 0.3) is 0 Å². The van der Waals surface area contributed by atoms with Crippen LogP contribution in [-0.2, 0) is 0 Å². The molecule has 94 valence electrons. The van der Waals surface area contributed by atoms with E-state index >= 15 is 0 Å². The van der Waals surface area contributed by atoms with Gasteiger partial charge in [0.2, 0.25) is 0 Å². The van der Waals surface area contributed by atoms with Crippen LogP contribution >= 0.6 is 0 Å². The zero-order valence-electron chi connectivity index (χ0n) is 10.7. The van der Waals surface area contributed by atoms with E-state index in [1.165, 1.54) is 0 Å². The number of carbonyl (C=O) groups is 1. The molecule has 1 N–H and O–H groups in total. The first kappa shape index (κ1) is 13.7. The van der Waals surface area contributed by atoms with E-state index < -0.39 is 0 Å². The third kappa shape index (κ3) is 4.57. The fourth-order valence-electron chi connectivity index (χ4n) is 1.60. The van der Waals surface area contributed by atoms with Crippen LogP contribution in [0.3, 0.4) is 0 Å². The van der Waals surface area contributed by atoms with Gasteiger partial charge in [0.1, 0.15) is 5.75 Å². The summed E-state index contributed by atoms with van der Waals surface area (Å²) in [5.74, 6) is 0.871. The normalized spacial score (nSPS) is 10.2. The van der Waals surface area contributed by atoms with Crippen molar-refractivity contribution in [1.82, 2.24) is 5.32 Å². The van der Waals surface area contributed by atoms with Gasteiger partial charge < -0.3 is 10.1 Å². The van der Waals surface area contributed by atoms with Gasteiger partial charge in [-0.3, -0.25) is 4.79 Å². The second kappa shape index (κ2) is 7.85. The smallest absolute Gasteiger partial charge is 0.166 e. The maximum absolute atomic E-state index is 12.0. The van der Waals surface area contributed by atoms with E-state index in [0.717, 1.165) is 19.4 Å². The number of rotatable bonds is 8. The quantitative estimate of drug-likeness (QED) is 0.556. The van der Waals surface area contributed by atoms with Crippen molar-refractivity contribution in [3.63, 3.8) is 0 Å². The Hall–Kier alpha value is -1.35. The van der Waals surface area contributed by atoms with Crippen molar-refractivity contribution in [3.8, 4) is 5.75 Å². The van der Waals surface area contributed by atoms with E-state index in [0.29, 0.717) is 24.3 Å². The molecule has 0 aliphatic carbocycles. The molecular formula is C14H21NO2. The maximum atomic E-state index is 12.0. The molecule has 0 unspecified atom stereocenters. The molecular weight excluding hydrogens is 214 g/mol. The first-order valence-electron chi connectivity index (χ1n) is 6.19. The van der Waals surface area contributed by atoms with Gasteiger partial charge in [-0.05, 0) is 38.6 Å². The molecule has 0 amide bonds. The first-order chi connectivity index (χ1) is 8.29. The molecule has 0 aromatic heterocycles. The lowest BCUT2D eigenvalue weighted by molar-refractivity contribution is 0.0976. The predicted octanol–water partition coefficient (Wildman–Crippen LogP) is 2.66. The number of hydrogen-bond acceptors (Lipinski definition) is 3. The second-order valence-corrected chi connectivity index (χ2v) is 3.97. The van der Waals surface area contributed by atoms with Gasteiger partial charge in [0.15, 0.2) is 5.78 Å². The van der Waals surface area contributed by atoms with Gasteiger partial charge in [-0.1, -0.05) is 19.1 Å². The fraction of sp³-hybridized carbons (Fsp3) is 0.500. The molecule has 0 aliphatic rings. The average molecular weight is 235 g/mol.